The van der Waals surface area contributed by atoms with Crippen molar-refractivity contribution in [3.63, 3.8) is 0 Å². The highest BCUT2D eigenvalue weighted by molar-refractivity contribution is 5.65. The molecule has 1 saturated heterocycles. The predicted octanol–water partition coefficient (Wildman–Crippen LogP) is 4.10. The van der Waals surface area contributed by atoms with Gasteiger partial charge in [-0.05, 0) is 70.2 Å². The summed E-state index contributed by atoms with van der Waals surface area (Å²) in [7, 11) is 5.82. The first-order valence-electron chi connectivity index (χ1n) is 12.7. The molecule has 7 rings (SSSR count). The number of piperidine rings is 1. The zero-order chi connectivity index (χ0) is 23.4. The lowest BCUT2D eigenvalue weighted by molar-refractivity contribution is -0.247. The average Bonchev–Trinajstić information content (AvgIpc) is 3.17. The third kappa shape index (κ3) is 2.39. The van der Waals surface area contributed by atoms with Crippen LogP contribution in [-0.4, -0.2) is 61.2 Å². The molecular formula is C28H39NO4. The monoisotopic (exact) mass is 453 g/mol. The average molecular weight is 454 g/mol. The van der Waals surface area contributed by atoms with Gasteiger partial charge in [0.15, 0.2) is 11.5 Å². The number of likely N-dealkylation sites (N-methyl/N-ethyl adjacent to an activating group) is 1. The summed E-state index contributed by atoms with van der Waals surface area (Å²) in [5.74, 6) is 2.25. The van der Waals surface area contributed by atoms with Crippen LogP contribution >= 0.6 is 0 Å². The summed E-state index contributed by atoms with van der Waals surface area (Å²) in [5, 5.41) is 12.0. The lowest BCUT2D eigenvalue weighted by atomic mass is 9.36. The molecule has 2 fully saturated rings. The second-order valence-electron chi connectivity index (χ2n) is 12.0. The minimum absolute atomic E-state index is 0.0345. The molecule has 1 aromatic rings. The molecule has 2 spiro atoms. The highest BCUT2D eigenvalue weighted by Crippen LogP contribution is 2.75. The van der Waals surface area contributed by atoms with Crippen molar-refractivity contribution in [1.82, 2.24) is 4.90 Å². The van der Waals surface area contributed by atoms with E-state index in [-0.39, 0.29) is 22.9 Å². The topological polar surface area (TPSA) is 51.2 Å². The van der Waals surface area contributed by atoms with Crippen LogP contribution in [0.5, 0.6) is 11.5 Å². The number of rotatable bonds is 6. The van der Waals surface area contributed by atoms with Gasteiger partial charge in [0.25, 0.3) is 0 Å². The van der Waals surface area contributed by atoms with Crippen LogP contribution in [0.3, 0.4) is 0 Å². The minimum Gasteiger partial charge on any atom is -0.493 e. The zero-order valence-electron chi connectivity index (χ0n) is 21.0. The largest absolute Gasteiger partial charge is 0.493 e. The molecule has 2 heterocycles. The molecule has 180 valence electrons. The molecule has 5 heteroatoms. The second kappa shape index (κ2) is 6.77. The van der Waals surface area contributed by atoms with Crippen molar-refractivity contribution in [3.05, 3.63) is 35.4 Å². The molecule has 0 aromatic heterocycles. The number of hydrogen-bond acceptors (Lipinski definition) is 5. The van der Waals surface area contributed by atoms with E-state index in [0.29, 0.717) is 12.0 Å². The molecular weight excluding hydrogens is 414 g/mol. The van der Waals surface area contributed by atoms with Gasteiger partial charge in [0.1, 0.15) is 11.7 Å². The Bertz CT molecular complexity index is 1020. The van der Waals surface area contributed by atoms with Gasteiger partial charge in [0.05, 0.1) is 18.1 Å². The molecule has 1 aromatic carbocycles. The second-order valence-corrected chi connectivity index (χ2v) is 12.0. The summed E-state index contributed by atoms with van der Waals surface area (Å²) >= 11 is 0. The van der Waals surface area contributed by atoms with Gasteiger partial charge in [-0.2, -0.15) is 0 Å². The van der Waals surface area contributed by atoms with E-state index in [1.165, 1.54) is 11.1 Å². The van der Waals surface area contributed by atoms with E-state index in [4.69, 9.17) is 14.2 Å². The number of benzene rings is 1. The molecule has 0 amide bonds. The number of aliphatic hydroxyl groups is 1. The molecule has 33 heavy (non-hydrogen) atoms. The Hall–Kier alpha value is -1.56. The van der Waals surface area contributed by atoms with Crippen LogP contribution in [0.15, 0.2) is 24.3 Å². The summed E-state index contributed by atoms with van der Waals surface area (Å²) in [5.41, 5.74) is 1.03. The molecule has 4 bridgehead atoms. The Morgan fingerprint density at radius 2 is 2.06 bits per heavy atom. The Balaban J connectivity index is 1.59. The fourth-order valence-electron chi connectivity index (χ4n) is 8.67. The fraction of sp³-hybridized carbons (Fsp3) is 0.714. The molecule has 1 unspecified atom stereocenters. The van der Waals surface area contributed by atoms with Gasteiger partial charge in [-0.15, -0.1) is 0 Å². The molecule has 1 saturated carbocycles. The van der Waals surface area contributed by atoms with E-state index in [1.54, 1.807) is 7.11 Å². The van der Waals surface area contributed by atoms with Crippen LogP contribution in [0.2, 0.25) is 0 Å². The van der Waals surface area contributed by atoms with Gasteiger partial charge < -0.3 is 24.2 Å². The van der Waals surface area contributed by atoms with Gasteiger partial charge in [-0.25, -0.2) is 0 Å². The van der Waals surface area contributed by atoms with Crippen LogP contribution in [0.25, 0.3) is 0 Å². The number of fused-ring (bicyclic) bond motifs is 1. The maximum absolute atomic E-state index is 12.0. The van der Waals surface area contributed by atoms with Crippen molar-refractivity contribution in [2.45, 2.75) is 81.6 Å². The van der Waals surface area contributed by atoms with E-state index < -0.39 is 11.2 Å². The lowest BCUT2D eigenvalue weighted by Gasteiger charge is -2.72. The van der Waals surface area contributed by atoms with E-state index >= 15 is 0 Å². The van der Waals surface area contributed by atoms with Crippen molar-refractivity contribution in [3.8, 4) is 11.5 Å². The Morgan fingerprint density at radius 3 is 2.76 bits per heavy atom. The van der Waals surface area contributed by atoms with Gasteiger partial charge in [0, 0.05) is 30.0 Å². The normalized spacial score (nSPS) is 41.6. The SMILES string of the molecule is COc1ccc2c3c1O[C@H]1[C@]4(OC)C=CC5(C[C@@H]4[C@](C)(O)CCC(C)C)[C@@H](C2)N(C)CC[C@]315. The van der Waals surface area contributed by atoms with Crippen LogP contribution < -0.4 is 9.47 Å². The number of likely N-dealkylation sites (tertiary alicyclic amines) is 1. The van der Waals surface area contributed by atoms with Crippen LogP contribution in [0.1, 0.15) is 57.6 Å². The molecule has 5 nitrogen and oxygen atoms in total. The summed E-state index contributed by atoms with van der Waals surface area (Å²) in [6.45, 7) is 7.54. The molecule has 0 radical (unpaired) electrons. The smallest absolute Gasteiger partial charge is 0.166 e. The van der Waals surface area contributed by atoms with Gasteiger partial charge >= 0.3 is 0 Å². The van der Waals surface area contributed by atoms with Gasteiger partial charge in [-0.3, -0.25) is 0 Å². The molecule has 1 N–H and O–H groups in total. The van der Waals surface area contributed by atoms with Gasteiger partial charge in [-0.1, -0.05) is 32.1 Å². The maximum atomic E-state index is 12.0. The standard InChI is InChI=1S/C28H39NO4/c1-17(2)9-10-25(3,30)20-16-26-11-12-28(20,32-6)24-27(26)13-14-29(4)21(26)15-18-7-8-19(31-5)23(33-24)22(18)27/h7-8,11-12,17,20-21,24,30H,9-10,13-16H2,1-6H3/t20-,21-,24-,25-,26?,27+,28+/m1/s1. The first-order valence-corrected chi connectivity index (χ1v) is 12.7. The maximum Gasteiger partial charge on any atom is 0.166 e. The van der Waals surface area contributed by atoms with Crippen molar-refractivity contribution in [2.24, 2.45) is 17.3 Å². The summed E-state index contributed by atoms with van der Waals surface area (Å²) in [6.07, 6.45) is 9.33. The van der Waals surface area contributed by atoms with Crippen LogP contribution in [-0.2, 0) is 16.6 Å². The van der Waals surface area contributed by atoms with Crippen molar-refractivity contribution < 1.29 is 19.3 Å². The predicted molar refractivity (Wildman–Crippen MR) is 128 cm³/mol. The highest BCUT2D eigenvalue weighted by atomic mass is 16.6. The Morgan fingerprint density at radius 1 is 1.27 bits per heavy atom. The number of methoxy groups -OCH3 is 2. The Kier molecular flexibility index (Phi) is 4.50. The van der Waals surface area contributed by atoms with Crippen LogP contribution in [0.4, 0.5) is 0 Å². The van der Waals surface area contributed by atoms with E-state index in [1.807, 2.05) is 14.0 Å². The van der Waals surface area contributed by atoms with Crippen molar-refractivity contribution in [2.75, 3.05) is 27.8 Å². The van der Waals surface area contributed by atoms with E-state index in [2.05, 4.69) is 50.1 Å². The van der Waals surface area contributed by atoms with Crippen LogP contribution in [0, 0.1) is 17.3 Å². The first kappa shape index (κ1) is 21.9. The summed E-state index contributed by atoms with van der Waals surface area (Å²) < 4.78 is 19.3. The third-order valence-corrected chi connectivity index (χ3v) is 10.3. The van der Waals surface area contributed by atoms with E-state index in [9.17, 15) is 5.11 Å². The molecule has 2 aliphatic heterocycles. The van der Waals surface area contributed by atoms with Gasteiger partial charge in [0.2, 0.25) is 0 Å². The number of nitrogens with zero attached hydrogens (tertiary/aromatic N) is 1. The summed E-state index contributed by atoms with van der Waals surface area (Å²) in [6, 6.07) is 4.71. The zero-order valence-corrected chi connectivity index (χ0v) is 21.0. The third-order valence-electron chi connectivity index (χ3n) is 10.3. The molecule has 6 aliphatic rings. The minimum atomic E-state index is -0.838. The highest BCUT2D eigenvalue weighted by Gasteiger charge is 2.80. The Labute approximate surface area is 198 Å². The quantitative estimate of drug-likeness (QED) is 0.657. The summed E-state index contributed by atoms with van der Waals surface area (Å²) in [4.78, 5) is 2.56. The fourth-order valence-corrected chi connectivity index (χ4v) is 8.67. The first-order chi connectivity index (χ1) is 15.7. The van der Waals surface area contributed by atoms with E-state index in [0.717, 1.165) is 50.1 Å². The van der Waals surface area contributed by atoms with Crippen molar-refractivity contribution >= 4 is 0 Å². The number of hydrogen-bond donors (Lipinski definition) is 1. The van der Waals surface area contributed by atoms with Crippen molar-refractivity contribution in [1.29, 1.82) is 0 Å². The number of ether oxygens (including phenoxy) is 3. The molecule has 4 aliphatic carbocycles. The lowest BCUT2D eigenvalue weighted by Crippen LogP contribution is -2.80. The molecule has 7 atom stereocenters.